The number of hydrogen-bond donors (Lipinski definition) is 2. The SMILES string of the molecule is COCCO[C@H]1C(CO)=C(c2cc(C(CNC3CCCCC3)c3ccccc3)ccc2Cl)C1F. The van der Waals surface area contributed by atoms with Crippen molar-refractivity contribution >= 4 is 17.2 Å². The van der Waals surface area contributed by atoms with Crippen molar-refractivity contribution in [2.45, 2.75) is 56.3 Å². The summed E-state index contributed by atoms with van der Waals surface area (Å²) in [5.74, 6) is 0.115. The van der Waals surface area contributed by atoms with Crippen molar-refractivity contribution < 1.29 is 19.0 Å². The zero-order chi connectivity index (χ0) is 23.9. The van der Waals surface area contributed by atoms with E-state index in [0.29, 0.717) is 34.4 Å². The smallest absolute Gasteiger partial charge is 0.156 e. The molecule has 0 aliphatic heterocycles. The second-order valence-electron chi connectivity index (χ2n) is 9.23. The van der Waals surface area contributed by atoms with E-state index in [1.54, 1.807) is 7.11 Å². The monoisotopic (exact) mass is 487 g/mol. The number of halogens is 2. The third kappa shape index (κ3) is 5.72. The summed E-state index contributed by atoms with van der Waals surface area (Å²) in [7, 11) is 1.57. The maximum absolute atomic E-state index is 15.2. The lowest BCUT2D eigenvalue weighted by molar-refractivity contribution is -0.00680. The lowest BCUT2D eigenvalue weighted by Gasteiger charge is -2.37. The number of benzene rings is 2. The molecule has 0 aromatic heterocycles. The van der Waals surface area contributed by atoms with Crippen LogP contribution in [0.2, 0.25) is 5.02 Å². The van der Waals surface area contributed by atoms with Crippen LogP contribution in [0.3, 0.4) is 0 Å². The number of hydrogen-bond acceptors (Lipinski definition) is 4. The van der Waals surface area contributed by atoms with E-state index in [0.717, 1.165) is 12.1 Å². The molecule has 1 fully saturated rings. The molecule has 0 heterocycles. The fourth-order valence-electron chi connectivity index (χ4n) is 5.17. The van der Waals surface area contributed by atoms with Crippen molar-refractivity contribution in [2.75, 3.05) is 33.5 Å². The highest BCUT2D eigenvalue weighted by Crippen LogP contribution is 2.44. The highest BCUT2D eigenvalue weighted by molar-refractivity contribution is 6.32. The first-order valence-corrected chi connectivity index (χ1v) is 12.7. The fraction of sp³-hybridized carbons (Fsp3) is 0.500. The van der Waals surface area contributed by atoms with Crippen molar-refractivity contribution in [3.8, 4) is 0 Å². The third-order valence-corrected chi connectivity index (χ3v) is 7.42. The standard InChI is InChI=1S/C28H35ClFNO3/c1-33-14-15-34-28-24(18-32)26(27(28)30)22-16-20(12-13-25(22)29)23(19-8-4-2-5-9-19)17-31-21-10-6-3-7-11-21/h2,4-5,8-9,12-13,16,21,23,27-28,31-32H,3,6-7,10-11,14-15,17-18H2,1H3/t23?,27?,28-/m0/s1. The van der Waals surface area contributed by atoms with Gasteiger partial charge in [0.15, 0.2) is 6.17 Å². The van der Waals surface area contributed by atoms with Crippen LogP contribution in [0.5, 0.6) is 0 Å². The van der Waals surface area contributed by atoms with Gasteiger partial charge in [-0.2, -0.15) is 0 Å². The van der Waals surface area contributed by atoms with Crippen molar-refractivity contribution in [2.24, 2.45) is 0 Å². The molecule has 3 atom stereocenters. The van der Waals surface area contributed by atoms with E-state index in [1.807, 2.05) is 24.3 Å². The molecular formula is C28H35ClFNO3. The molecule has 4 rings (SSSR count). The molecule has 2 unspecified atom stereocenters. The first-order valence-electron chi connectivity index (χ1n) is 12.3. The van der Waals surface area contributed by atoms with Gasteiger partial charge in [-0.1, -0.05) is 67.3 Å². The average molecular weight is 488 g/mol. The van der Waals surface area contributed by atoms with Gasteiger partial charge in [0.1, 0.15) is 6.10 Å². The second-order valence-corrected chi connectivity index (χ2v) is 9.64. The van der Waals surface area contributed by atoms with Crippen LogP contribution in [0, 0.1) is 0 Å². The number of ether oxygens (including phenoxy) is 2. The Morgan fingerprint density at radius 3 is 2.53 bits per heavy atom. The molecular weight excluding hydrogens is 453 g/mol. The predicted octanol–water partition coefficient (Wildman–Crippen LogP) is 5.52. The molecule has 0 bridgehead atoms. The number of alkyl halides is 1. The fourth-order valence-corrected chi connectivity index (χ4v) is 5.39. The Hall–Kier alpha value is -1.76. The molecule has 0 spiro atoms. The van der Waals surface area contributed by atoms with Crippen molar-refractivity contribution in [1.29, 1.82) is 0 Å². The van der Waals surface area contributed by atoms with Crippen LogP contribution in [0.15, 0.2) is 54.1 Å². The molecule has 6 heteroatoms. The minimum Gasteiger partial charge on any atom is -0.392 e. The number of methoxy groups -OCH3 is 1. The van der Waals surface area contributed by atoms with Gasteiger partial charge in [0.05, 0.1) is 19.8 Å². The molecule has 0 radical (unpaired) electrons. The van der Waals surface area contributed by atoms with Crippen LogP contribution in [0.4, 0.5) is 4.39 Å². The van der Waals surface area contributed by atoms with Crippen LogP contribution < -0.4 is 5.32 Å². The molecule has 2 aliphatic carbocycles. The van der Waals surface area contributed by atoms with Crippen LogP contribution in [0.1, 0.15) is 54.7 Å². The normalized spacial score (nSPS) is 22.0. The topological polar surface area (TPSA) is 50.7 Å². The van der Waals surface area contributed by atoms with E-state index >= 15 is 4.39 Å². The van der Waals surface area contributed by atoms with Gasteiger partial charge in [0, 0.05) is 36.2 Å². The lowest BCUT2D eigenvalue weighted by Crippen LogP contribution is -2.41. The summed E-state index contributed by atoms with van der Waals surface area (Å²) in [6.07, 6.45) is 4.23. The van der Waals surface area contributed by atoms with E-state index in [-0.39, 0.29) is 19.1 Å². The molecule has 4 nitrogen and oxygen atoms in total. The van der Waals surface area contributed by atoms with E-state index in [4.69, 9.17) is 21.1 Å². The number of aliphatic hydroxyl groups is 1. The van der Waals surface area contributed by atoms with Gasteiger partial charge < -0.3 is 19.9 Å². The Kier molecular flexibility index (Phi) is 9.15. The summed E-state index contributed by atoms with van der Waals surface area (Å²) in [6, 6.07) is 16.8. The Balaban J connectivity index is 1.61. The van der Waals surface area contributed by atoms with E-state index in [9.17, 15) is 5.11 Å². The summed E-state index contributed by atoms with van der Waals surface area (Å²) in [5.41, 5.74) is 3.93. The Bertz CT molecular complexity index is 961. The summed E-state index contributed by atoms with van der Waals surface area (Å²) >= 11 is 6.56. The molecule has 34 heavy (non-hydrogen) atoms. The third-order valence-electron chi connectivity index (χ3n) is 7.09. The molecule has 184 valence electrons. The molecule has 2 aliphatic rings. The number of aliphatic hydroxyl groups excluding tert-OH is 1. The predicted molar refractivity (Wildman–Crippen MR) is 135 cm³/mol. The van der Waals surface area contributed by atoms with Gasteiger partial charge in [-0.05, 0) is 47.2 Å². The summed E-state index contributed by atoms with van der Waals surface area (Å²) < 4.78 is 25.8. The van der Waals surface area contributed by atoms with Crippen molar-refractivity contribution in [3.05, 3.63) is 75.8 Å². The van der Waals surface area contributed by atoms with E-state index < -0.39 is 12.3 Å². The minimum atomic E-state index is -1.33. The molecule has 0 amide bonds. The van der Waals surface area contributed by atoms with Crippen LogP contribution in [0.25, 0.3) is 5.57 Å². The first kappa shape index (κ1) is 25.3. The number of rotatable bonds is 11. The van der Waals surface area contributed by atoms with Crippen LogP contribution in [-0.4, -0.2) is 56.9 Å². The number of nitrogens with one attached hydrogen (secondary N) is 1. The maximum atomic E-state index is 15.2. The van der Waals surface area contributed by atoms with Gasteiger partial charge in [-0.3, -0.25) is 0 Å². The maximum Gasteiger partial charge on any atom is 0.156 e. The van der Waals surface area contributed by atoms with E-state index in [2.05, 4.69) is 29.6 Å². The Morgan fingerprint density at radius 1 is 1.06 bits per heavy atom. The second kappa shape index (κ2) is 12.3. The van der Waals surface area contributed by atoms with Crippen LogP contribution >= 0.6 is 11.6 Å². The molecule has 1 saturated carbocycles. The first-order chi connectivity index (χ1) is 16.6. The molecule has 0 saturated heterocycles. The Labute approximate surface area is 207 Å². The van der Waals surface area contributed by atoms with Gasteiger partial charge in [0.2, 0.25) is 0 Å². The molecule has 2 aromatic carbocycles. The summed E-state index contributed by atoms with van der Waals surface area (Å²) in [5, 5.41) is 14.2. The van der Waals surface area contributed by atoms with Crippen molar-refractivity contribution in [1.82, 2.24) is 5.32 Å². The van der Waals surface area contributed by atoms with Gasteiger partial charge >= 0.3 is 0 Å². The zero-order valence-electron chi connectivity index (χ0n) is 19.8. The lowest BCUT2D eigenvalue weighted by atomic mass is 9.78. The minimum absolute atomic E-state index is 0.115. The zero-order valence-corrected chi connectivity index (χ0v) is 20.6. The van der Waals surface area contributed by atoms with Gasteiger partial charge in [0.25, 0.3) is 0 Å². The summed E-state index contributed by atoms with van der Waals surface area (Å²) in [6.45, 7) is 1.19. The largest absolute Gasteiger partial charge is 0.392 e. The summed E-state index contributed by atoms with van der Waals surface area (Å²) in [4.78, 5) is 0. The highest BCUT2D eigenvalue weighted by Gasteiger charge is 2.42. The molecule has 2 aromatic rings. The Morgan fingerprint density at radius 2 is 1.82 bits per heavy atom. The van der Waals surface area contributed by atoms with Gasteiger partial charge in [-0.15, -0.1) is 0 Å². The average Bonchev–Trinajstić information content (AvgIpc) is 2.87. The highest BCUT2D eigenvalue weighted by atomic mass is 35.5. The molecule has 2 N–H and O–H groups in total. The van der Waals surface area contributed by atoms with Crippen molar-refractivity contribution in [3.63, 3.8) is 0 Å². The quantitative estimate of drug-likeness (QED) is 0.409. The van der Waals surface area contributed by atoms with Crippen LogP contribution in [-0.2, 0) is 9.47 Å². The van der Waals surface area contributed by atoms with E-state index in [1.165, 1.54) is 37.7 Å². The van der Waals surface area contributed by atoms with Gasteiger partial charge in [-0.25, -0.2) is 4.39 Å².